The maximum Gasteiger partial charge on any atom is 0.250 e. The average molecular weight is 424 g/mol. The van der Waals surface area contributed by atoms with Crippen LogP contribution in [0, 0.1) is 0 Å². The minimum atomic E-state index is -3.61. The number of sulfone groups is 1. The topological polar surface area (TPSA) is 80.3 Å². The Hall–Kier alpha value is -0.740. The van der Waals surface area contributed by atoms with E-state index in [0.29, 0.717) is 5.56 Å². The van der Waals surface area contributed by atoms with Crippen molar-refractivity contribution in [3.8, 4) is 0 Å². The molecule has 0 spiro atoms. The summed E-state index contributed by atoms with van der Waals surface area (Å²) in [6.45, 7) is 1.70. The summed E-state index contributed by atoms with van der Waals surface area (Å²) in [5.41, 5.74) is 0.687. The summed E-state index contributed by atoms with van der Waals surface area (Å²) in [6, 6.07) is 8.87. The molecule has 2 aromatic rings. The van der Waals surface area contributed by atoms with Gasteiger partial charge in [-0.15, -0.1) is 11.3 Å². The van der Waals surface area contributed by atoms with E-state index in [4.69, 9.17) is 0 Å². The summed E-state index contributed by atoms with van der Waals surface area (Å²) in [5.74, 6) is 0. The summed E-state index contributed by atoms with van der Waals surface area (Å²) in [6.07, 6.45) is 1.13. The third kappa shape index (κ3) is 4.17. The number of rotatable bonds is 5. The summed E-state index contributed by atoms with van der Waals surface area (Å²) >= 11 is 4.36. The predicted octanol–water partition coefficient (Wildman–Crippen LogP) is 2.95. The van der Waals surface area contributed by atoms with Crippen LogP contribution in [0.1, 0.15) is 18.5 Å². The molecule has 0 aliphatic carbocycles. The molecule has 120 valence electrons. The zero-order valence-electron chi connectivity index (χ0n) is 11.8. The lowest BCUT2D eigenvalue weighted by Crippen LogP contribution is -2.26. The molecule has 2 rings (SSSR count). The Balaban J connectivity index is 2.20. The molecule has 1 aromatic carbocycles. The molecule has 1 atom stereocenters. The van der Waals surface area contributed by atoms with E-state index >= 15 is 0 Å². The molecule has 1 N–H and O–H groups in total. The second kappa shape index (κ2) is 6.40. The van der Waals surface area contributed by atoms with Crippen LogP contribution in [-0.4, -0.2) is 23.1 Å². The molecule has 0 aliphatic rings. The van der Waals surface area contributed by atoms with Crippen molar-refractivity contribution in [2.45, 2.75) is 22.1 Å². The lowest BCUT2D eigenvalue weighted by molar-refractivity contribution is 0.568. The molecule has 0 bridgehead atoms. The predicted molar refractivity (Wildman–Crippen MR) is 90.3 cm³/mol. The van der Waals surface area contributed by atoms with E-state index in [1.165, 1.54) is 18.2 Å². The summed E-state index contributed by atoms with van der Waals surface area (Å²) in [5, 5.41) is 0. The van der Waals surface area contributed by atoms with Gasteiger partial charge in [-0.2, -0.15) is 0 Å². The number of hydrogen-bond donors (Lipinski definition) is 1. The van der Waals surface area contributed by atoms with E-state index < -0.39 is 25.9 Å². The van der Waals surface area contributed by atoms with Crippen LogP contribution >= 0.6 is 27.3 Å². The first-order valence-corrected chi connectivity index (χ1v) is 11.2. The van der Waals surface area contributed by atoms with Crippen molar-refractivity contribution in [3.63, 3.8) is 0 Å². The van der Waals surface area contributed by atoms with E-state index in [0.717, 1.165) is 21.4 Å². The zero-order valence-corrected chi connectivity index (χ0v) is 15.8. The highest BCUT2D eigenvalue weighted by Gasteiger charge is 2.20. The van der Waals surface area contributed by atoms with Crippen molar-refractivity contribution in [2.75, 3.05) is 6.26 Å². The van der Waals surface area contributed by atoms with Gasteiger partial charge in [-0.25, -0.2) is 21.6 Å². The number of sulfonamides is 1. The van der Waals surface area contributed by atoms with Gasteiger partial charge in [-0.3, -0.25) is 0 Å². The van der Waals surface area contributed by atoms with Crippen molar-refractivity contribution in [2.24, 2.45) is 0 Å². The first-order valence-electron chi connectivity index (χ1n) is 6.17. The van der Waals surface area contributed by atoms with E-state index in [-0.39, 0.29) is 9.10 Å². The largest absolute Gasteiger partial charge is 0.250 e. The van der Waals surface area contributed by atoms with Gasteiger partial charge in [0.2, 0.25) is 0 Å². The summed E-state index contributed by atoms with van der Waals surface area (Å²) in [7, 11) is -6.87. The summed E-state index contributed by atoms with van der Waals surface area (Å²) < 4.78 is 50.8. The van der Waals surface area contributed by atoms with Crippen LogP contribution in [0.5, 0.6) is 0 Å². The molecule has 0 fully saturated rings. The van der Waals surface area contributed by atoms with Gasteiger partial charge in [0.25, 0.3) is 10.0 Å². The number of halogens is 1. The zero-order chi connectivity index (χ0) is 16.5. The molecule has 5 nitrogen and oxygen atoms in total. The fourth-order valence-electron chi connectivity index (χ4n) is 1.80. The highest BCUT2D eigenvalue weighted by atomic mass is 79.9. The Morgan fingerprint density at radius 3 is 2.09 bits per heavy atom. The molecule has 1 unspecified atom stereocenters. The van der Waals surface area contributed by atoms with Crippen LogP contribution in [0.3, 0.4) is 0 Å². The Bertz CT molecular complexity index is 870. The van der Waals surface area contributed by atoms with Crippen molar-refractivity contribution in [1.82, 2.24) is 4.72 Å². The van der Waals surface area contributed by atoms with Gasteiger partial charge in [0, 0.05) is 12.3 Å². The lowest BCUT2D eigenvalue weighted by atomic mass is 10.1. The van der Waals surface area contributed by atoms with Gasteiger partial charge in [0.1, 0.15) is 4.21 Å². The Morgan fingerprint density at radius 1 is 1.05 bits per heavy atom. The number of nitrogens with one attached hydrogen (secondary N) is 1. The fourth-order valence-corrected chi connectivity index (χ4v) is 5.69. The van der Waals surface area contributed by atoms with E-state index in [1.807, 2.05) is 0 Å². The SMILES string of the molecule is CC(NS(=O)(=O)c1ccc(Br)s1)c1ccc(S(C)(=O)=O)cc1. The smallest absolute Gasteiger partial charge is 0.224 e. The first-order chi connectivity index (χ1) is 10.1. The van der Waals surface area contributed by atoms with Gasteiger partial charge in [-0.05, 0) is 52.7 Å². The van der Waals surface area contributed by atoms with Crippen LogP contribution in [0.25, 0.3) is 0 Å². The van der Waals surface area contributed by atoms with E-state index in [1.54, 1.807) is 25.1 Å². The highest BCUT2D eigenvalue weighted by Crippen LogP contribution is 2.27. The standard InChI is InChI=1S/C13H14BrNO4S3/c1-9(10-3-5-11(6-4-10)21(2,16)17)15-22(18,19)13-8-7-12(14)20-13/h3-9,15H,1-2H3. The Morgan fingerprint density at radius 2 is 1.64 bits per heavy atom. The molecule has 0 saturated carbocycles. The van der Waals surface area contributed by atoms with Crippen LogP contribution < -0.4 is 4.72 Å². The van der Waals surface area contributed by atoms with Gasteiger partial charge < -0.3 is 0 Å². The average Bonchev–Trinajstić information content (AvgIpc) is 2.85. The van der Waals surface area contributed by atoms with Crippen molar-refractivity contribution in [1.29, 1.82) is 0 Å². The number of hydrogen-bond acceptors (Lipinski definition) is 5. The second-order valence-electron chi connectivity index (χ2n) is 4.74. The molecular weight excluding hydrogens is 410 g/mol. The van der Waals surface area contributed by atoms with Crippen LogP contribution in [0.2, 0.25) is 0 Å². The van der Waals surface area contributed by atoms with Gasteiger partial charge in [0.05, 0.1) is 8.68 Å². The molecule has 0 amide bonds. The number of benzene rings is 1. The quantitative estimate of drug-likeness (QED) is 0.801. The third-order valence-corrected chi connectivity index (χ3v) is 7.74. The summed E-state index contributed by atoms with van der Waals surface area (Å²) in [4.78, 5) is 0.202. The Labute approximate surface area is 142 Å². The minimum Gasteiger partial charge on any atom is -0.224 e. The maximum absolute atomic E-state index is 12.2. The molecule has 0 radical (unpaired) electrons. The van der Waals surface area contributed by atoms with Gasteiger partial charge >= 0.3 is 0 Å². The normalized spacial score (nSPS) is 14.0. The highest BCUT2D eigenvalue weighted by molar-refractivity contribution is 9.11. The van der Waals surface area contributed by atoms with E-state index in [2.05, 4.69) is 20.7 Å². The maximum atomic E-state index is 12.2. The van der Waals surface area contributed by atoms with Gasteiger partial charge in [0.15, 0.2) is 9.84 Å². The first kappa shape index (κ1) is 17.6. The minimum absolute atomic E-state index is 0.202. The third-order valence-electron chi connectivity index (χ3n) is 2.95. The van der Waals surface area contributed by atoms with Crippen molar-refractivity contribution in [3.05, 3.63) is 45.7 Å². The van der Waals surface area contributed by atoms with Crippen LogP contribution in [0.15, 0.2) is 49.3 Å². The van der Waals surface area contributed by atoms with Crippen LogP contribution in [-0.2, 0) is 19.9 Å². The lowest BCUT2D eigenvalue weighted by Gasteiger charge is -2.14. The molecular formula is C13H14BrNO4S3. The van der Waals surface area contributed by atoms with Gasteiger partial charge in [-0.1, -0.05) is 12.1 Å². The molecule has 1 aromatic heterocycles. The van der Waals surface area contributed by atoms with Crippen LogP contribution in [0.4, 0.5) is 0 Å². The van der Waals surface area contributed by atoms with Crippen molar-refractivity contribution >= 4 is 47.1 Å². The molecule has 0 aliphatic heterocycles. The molecule has 22 heavy (non-hydrogen) atoms. The van der Waals surface area contributed by atoms with E-state index in [9.17, 15) is 16.8 Å². The van der Waals surface area contributed by atoms with Crippen molar-refractivity contribution < 1.29 is 16.8 Å². The fraction of sp³-hybridized carbons (Fsp3) is 0.231. The Kier molecular flexibility index (Phi) is 5.13. The molecule has 1 heterocycles. The monoisotopic (exact) mass is 423 g/mol. The number of thiophene rings is 1. The molecule has 0 saturated heterocycles. The molecule has 9 heteroatoms. The second-order valence-corrected chi connectivity index (χ2v) is 11.2.